The number of hydrogen-bond donors (Lipinski definition) is 1. The Morgan fingerprint density at radius 3 is 2.44 bits per heavy atom. The first-order chi connectivity index (χ1) is 8.85. The summed E-state index contributed by atoms with van der Waals surface area (Å²) in [5, 5.41) is 3.40. The minimum absolute atomic E-state index is 0.694. The second-order valence-corrected chi connectivity index (χ2v) is 5.30. The molecule has 1 aromatic rings. The van der Waals surface area contributed by atoms with Gasteiger partial charge in [-0.05, 0) is 31.4 Å². The predicted molar refractivity (Wildman–Crippen MR) is 77.9 cm³/mol. The number of benzene rings is 1. The van der Waals surface area contributed by atoms with Crippen LogP contribution in [0, 0.1) is 0 Å². The summed E-state index contributed by atoms with van der Waals surface area (Å²) in [4.78, 5) is 2.73. The molecule has 1 N–H and O–H groups in total. The largest absolute Gasteiger partial charge is 0.314 e. The van der Waals surface area contributed by atoms with Gasteiger partial charge in [-0.1, -0.05) is 44.2 Å². The number of nitrogens with one attached hydrogen (secondary N) is 1. The lowest BCUT2D eigenvalue weighted by atomic mass is 9.98. The summed E-state index contributed by atoms with van der Waals surface area (Å²) in [6.45, 7) is 8.19. The summed E-state index contributed by atoms with van der Waals surface area (Å²) in [6.07, 6.45) is 3.68. The molecule has 0 amide bonds. The molecule has 18 heavy (non-hydrogen) atoms. The van der Waals surface area contributed by atoms with Crippen molar-refractivity contribution >= 4 is 0 Å². The Bertz CT molecular complexity index is 332. The minimum atomic E-state index is 0.694. The van der Waals surface area contributed by atoms with Gasteiger partial charge in [0.05, 0.1) is 0 Å². The molecule has 1 saturated heterocycles. The third-order valence-corrected chi connectivity index (χ3v) is 3.97. The van der Waals surface area contributed by atoms with Gasteiger partial charge in [0.15, 0.2) is 0 Å². The van der Waals surface area contributed by atoms with Gasteiger partial charge in [0.1, 0.15) is 0 Å². The molecule has 1 aromatic carbocycles. The van der Waals surface area contributed by atoms with Crippen molar-refractivity contribution in [3.63, 3.8) is 0 Å². The highest BCUT2D eigenvalue weighted by Crippen LogP contribution is 2.17. The topological polar surface area (TPSA) is 15.3 Å². The van der Waals surface area contributed by atoms with E-state index in [2.05, 4.69) is 54.4 Å². The van der Waals surface area contributed by atoms with Gasteiger partial charge in [-0.15, -0.1) is 0 Å². The Kier molecular flexibility index (Phi) is 5.21. The predicted octanol–water partition coefficient (Wildman–Crippen LogP) is 2.69. The van der Waals surface area contributed by atoms with E-state index in [1.54, 1.807) is 0 Å². The highest BCUT2D eigenvalue weighted by Gasteiger charge is 2.28. The molecule has 2 nitrogen and oxygen atoms in total. The summed E-state index contributed by atoms with van der Waals surface area (Å²) >= 11 is 0. The van der Waals surface area contributed by atoms with Crippen LogP contribution in [0.5, 0.6) is 0 Å². The van der Waals surface area contributed by atoms with Crippen molar-refractivity contribution in [1.82, 2.24) is 10.2 Å². The molecule has 2 heteroatoms. The average Bonchev–Trinajstić information content (AvgIpc) is 2.35. The molecule has 0 aliphatic carbocycles. The molecule has 0 radical (unpaired) electrons. The zero-order chi connectivity index (χ0) is 12.8. The van der Waals surface area contributed by atoms with Crippen molar-refractivity contribution in [1.29, 1.82) is 0 Å². The summed E-state index contributed by atoms with van der Waals surface area (Å²) in [7, 11) is 0. The number of nitrogens with zero attached hydrogens (tertiary/aromatic N) is 1. The maximum absolute atomic E-state index is 3.40. The van der Waals surface area contributed by atoms with Gasteiger partial charge < -0.3 is 5.32 Å². The van der Waals surface area contributed by atoms with E-state index in [0.717, 1.165) is 6.04 Å². The van der Waals surface area contributed by atoms with Crippen molar-refractivity contribution in [2.45, 2.75) is 45.2 Å². The van der Waals surface area contributed by atoms with Crippen LogP contribution in [-0.4, -0.2) is 36.6 Å². The summed E-state index contributed by atoms with van der Waals surface area (Å²) in [6, 6.07) is 12.4. The van der Waals surface area contributed by atoms with Crippen LogP contribution < -0.4 is 5.32 Å². The molecule has 1 atom stereocenters. The Labute approximate surface area is 111 Å². The smallest absolute Gasteiger partial charge is 0.0348 e. The maximum Gasteiger partial charge on any atom is 0.0348 e. The van der Waals surface area contributed by atoms with Crippen LogP contribution in [0.3, 0.4) is 0 Å². The standard InChI is InChI=1S/C16H26N2/c1-3-10-18(16-12-17-13-16)15(4-2)11-14-8-6-5-7-9-14/h5-9,15-17H,3-4,10-13H2,1-2H3. The Morgan fingerprint density at radius 2 is 1.94 bits per heavy atom. The van der Waals surface area contributed by atoms with Crippen LogP contribution in [-0.2, 0) is 6.42 Å². The van der Waals surface area contributed by atoms with E-state index >= 15 is 0 Å². The average molecular weight is 246 g/mol. The van der Waals surface area contributed by atoms with Gasteiger partial charge in [0.25, 0.3) is 0 Å². The summed E-state index contributed by atoms with van der Waals surface area (Å²) in [5.41, 5.74) is 1.47. The third kappa shape index (κ3) is 3.33. The lowest BCUT2D eigenvalue weighted by Gasteiger charge is -2.43. The van der Waals surface area contributed by atoms with Crippen LogP contribution in [0.1, 0.15) is 32.3 Å². The second kappa shape index (κ2) is 6.91. The lowest BCUT2D eigenvalue weighted by molar-refractivity contribution is 0.0916. The van der Waals surface area contributed by atoms with E-state index in [-0.39, 0.29) is 0 Å². The highest BCUT2D eigenvalue weighted by molar-refractivity contribution is 5.16. The van der Waals surface area contributed by atoms with Gasteiger partial charge >= 0.3 is 0 Å². The van der Waals surface area contributed by atoms with E-state index in [9.17, 15) is 0 Å². The van der Waals surface area contributed by atoms with Gasteiger partial charge in [0, 0.05) is 25.2 Å². The zero-order valence-electron chi connectivity index (χ0n) is 11.7. The normalized spacial score (nSPS) is 17.7. The minimum Gasteiger partial charge on any atom is -0.314 e. The van der Waals surface area contributed by atoms with E-state index in [1.165, 1.54) is 44.5 Å². The molecule has 2 rings (SSSR count). The van der Waals surface area contributed by atoms with Crippen LogP contribution >= 0.6 is 0 Å². The van der Waals surface area contributed by atoms with Crippen molar-refractivity contribution in [3.8, 4) is 0 Å². The van der Waals surface area contributed by atoms with Crippen molar-refractivity contribution in [2.75, 3.05) is 19.6 Å². The molecule has 0 aromatic heterocycles. The van der Waals surface area contributed by atoms with Crippen molar-refractivity contribution in [2.24, 2.45) is 0 Å². The fourth-order valence-electron chi connectivity index (χ4n) is 2.81. The van der Waals surface area contributed by atoms with Gasteiger partial charge in [-0.3, -0.25) is 4.90 Å². The van der Waals surface area contributed by atoms with E-state index in [0.29, 0.717) is 6.04 Å². The first-order valence-electron chi connectivity index (χ1n) is 7.35. The van der Waals surface area contributed by atoms with Crippen LogP contribution in [0.2, 0.25) is 0 Å². The number of hydrogen-bond acceptors (Lipinski definition) is 2. The first-order valence-corrected chi connectivity index (χ1v) is 7.35. The molecule has 1 aliphatic rings. The first kappa shape index (κ1) is 13.6. The van der Waals surface area contributed by atoms with Crippen LogP contribution in [0.25, 0.3) is 0 Å². The highest BCUT2D eigenvalue weighted by atomic mass is 15.3. The van der Waals surface area contributed by atoms with E-state index < -0.39 is 0 Å². The SMILES string of the molecule is CCCN(C1CNC1)C(CC)Cc1ccccc1. The molecule has 1 aliphatic heterocycles. The van der Waals surface area contributed by atoms with Gasteiger partial charge in [-0.2, -0.15) is 0 Å². The third-order valence-electron chi connectivity index (χ3n) is 3.97. The van der Waals surface area contributed by atoms with Crippen molar-refractivity contribution < 1.29 is 0 Å². The Morgan fingerprint density at radius 1 is 1.22 bits per heavy atom. The number of rotatable bonds is 7. The Balaban J connectivity index is 2.00. The molecule has 1 fully saturated rings. The van der Waals surface area contributed by atoms with Crippen LogP contribution in [0.4, 0.5) is 0 Å². The van der Waals surface area contributed by atoms with E-state index in [4.69, 9.17) is 0 Å². The van der Waals surface area contributed by atoms with Crippen molar-refractivity contribution in [3.05, 3.63) is 35.9 Å². The monoisotopic (exact) mass is 246 g/mol. The molecule has 0 spiro atoms. The zero-order valence-corrected chi connectivity index (χ0v) is 11.7. The molecule has 0 saturated carbocycles. The van der Waals surface area contributed by atoms with E-state index in [1.807, 2.05) is 0 Å². The maximum atomic E-state index is 3.40. The molecule has 0 bridgehead atoms. The lowest BCUT2D eigenvalue weighted by Crippen LogP contribution is -2.60. The Hall–Kier alpha value is -0.860. The molecule has 100 valence electrons. The van der Waals surface area contributed by atoms with Gasteiger partial charge in [-0.25, -0.2) is 0 Å². The molecule has 1 unspecified atom stereocenters. The quantitative estimate of drug-likeness (QED) is 0.796. The fraction of sp³-hybridized carbons (Fsp3) is 0.625. The summed E-state index contributed by atoms with van der Waals surface area (Å²) < 4.78 is 0. The molecular formula is C16H26N2. The summed E-state index contributed by atoms with van der Waals surface area (Å²) in [5.74, 6) is 0. The fourth-order valence-corrected chi connectivity index (χ4v) is 2.81. The molecular weight excluding hydrogens is 220 g/mol. The van der Waals surface area contributed by atoms with Crippen LogP contribution in [0.15, 0.2) is 30.3 Å². The molecule has 1 heterocycles. The second-order valence-electron chi connectivity index (χ2n) is 5.30. The van der Waals surface area contributed by atoms with Gasteiger partial charge in [0.2, 0.25) is 0 Å².